The number of rotatable bonds is 6. The summed E-state index contributed by atoms with van der Waals surface area (Å²) in [6.07, 6.45) is 3.52. The normalized spacial score (nSPS) is 10.4. The number of anilines is 2. The number of carbonyl (C=O) groups is 2. The van der Waals surface area contributed by atoms with Gasteiger partial charge in [0.15, 0.2) is 5.16 Å². The van der Waals surface area contributed by atoms with Gasteiger partial charge in [-0.1, -0.05) is 23.4 Å². The van der Waals surface area contributed by atoms with Crippen LogP contribution in [0, 0.1) is 0 Å². The largest absolute Gasteiger partial charge is 0.329 e. The Morgan fingerprint density at radius 1 is 1.04 bits per heavy atom. The minimum Gasteiger partial charge on any atom is -0.329 e. The van der Waals surface area contributed by atoms with Crippen LogP contribution in [0.5, 0.6) is 0 Å². The van der Waals surface area contributed by atoms with Gasteiger partial charge in [0.1, 0.15) is 0 Å². The lowest BCUT2D eigenvalue weighted by atomic mass is 10.2. The van der Waals surface area contributed by atoms with E-state index in [2.05, 4.69) is 15.6 Å². The van der Waals surface area contributed by atoms with E-state index in [0.29, 0.717) is 22.0 Å². The fraction of sp³-hybridized carbons (Fsp3) is 0.105. The van der Waals surface area contributed by atoms with Crippen LogP contribution in [-0.4, -0.2) is 27.1 Å². The van der Waals surface area contributed by atoms with Crippen LogP contribution in [0.3, 0.4) is 0 Å². The van der Waals surface area contributed by atoms with Crippen LogP contribution in [-0.2, 0) is 11.8 Å². The summed E-state index contributed by atoms with van der Waals surface area (Å²) in [6, 6.07) is 13.6. The topological polar surface area (TPSA) is 76.0 Å². The maximum atomic E-state index is 12.3. The van der Waals surface area contributed by atoms with E-state index in [9.17, 15) is 9.59 Å². The van der Waals surface area contributed by atoms with Crippen LogP contribution in [0.25, 0.3) is 0 Å². The van der Waals surface area contributed by atoms with Gasteiger partial charge in [-0.2, -0.15) is 0 Å². The van der Waals surface area contributed by atoms with Crippen LogP contribution in [0.2, 0.25) is 5.02 Å². The van der Waals surface area contributed by atoms with Crippen molar-refractivity contribution in [1.82, 2.24) is 9.55 Å². The van der Waals surface area contributed by atoms with Gasteiger partial charge in [-0.15, -0.1) is 0 Å². The van der Waals surface area contributed by atoms with E-state index in [-0.39, 0.29) is 17.6 Å². The lowest BCUT2D eigenvalue weighted by Gasteiger charge is -2.08. The Morgan fingerprint density at radius 3 is 2.30 bits per heavy atom. The summed E-state index contributed by atoms with van der Waals surface area (Å²) in [4.78, 5) is 28.5. The summed E-state index contributed by atoms with van der Waals surface area (Å²) in [6.45, 7) is 0. The van der Waals surface area contributed by atoms with Gasteiger partial charge >= 0.3 is 0 Å². The molecule has 138 valence electrons. The minimum absolute atomic E-state index is 0.138. The van der Waals surface area contributed by atoms with Crippen LogP contribution >= 0.6 is 23.4 Å². The van der Waals surface area contributed by atoms with E-state index in [1.807, 2.05) is 17.8 Å². The zero-order chi connectivity index (χ0) is 19.2. The van der Waals surface area contributed by atoms with Crippen LogP contribution in [0.4, 0.5) is 11.4 Å². The third-order valence-electron chi connectivity index (χ3n) is 3.64. The number of benzene rings is 2. The molecule has 8 heteroatoms. The highest BCUT2D eigenvalue weighted by atomic mass is 35.5. The molecule has 0 saturated heterocycles. The summed E-state index contributed by atoms with van der Waals surface area (Å²) >= 11 is 7.19. The van der Waals surface area contributed by atoms with E-state index in [1.54, 1.807) is 54.7 Å². The number of nitrogens with one attached hydrogen (secondary N) is 2. The second-order valence-corrected chi connectivity index (χ2v) is 7.07. The molecule has 27 heavy (non-hydrogen) atoms. The molecule has 0 atom stereocenters. The molecule has 0 fully saturated rings. The molecule has 2 amide bonds. The van der Waals surface area contributed by atoms with Gasteiger partial charge in [-0.3, -0.25) is 9.59 Å². The van der Waals surface area contributed by atoms with Crippen molar-refractivity contribution in [1.29, 1.82) is 0 Å². The molecule has 6 nitrogen and oxygen atoms in total. The molecular formula is C19H17ClN4O2S. The number of amides is 2. The second kappa shape index (κ2) is 8.75. The Balaban J connectivity index is 1.53. The zero-order valence-corrected chi connectivity index (χ0v) is 16.1. The van der Waals surface area contributed by atoms with Crippen LogP contribution in [0.15, 0.2) is 66.1 Å². The molecule has 1 heterocycles. The average Bonchev–Trinajstić information content (AvgIpc) is 3.07. The first-order valence-corrected chi connectivity index (χ1v) is 9.44. The van der Waals surface area contributed by atoms with Crippen molar-refractivity contribution in [2.75, 3.05) is 16.4 Å². The van der Waals surface area contributed by atoms with Gasteiger partial charge < -0.3 is 15.2 Å². The van der Waals surface area contributed by atoms with Crippen LogP contribution in [0.1, 0.15) is 10.4 Å². The number of hydrogen-bond donors (Lipinski definition) is 2. The van der Waals surface area contributed by atoms with E-state index < -0.39 is 0 Å². The summed E-state index contributed by atoms with van der Waals surface area (Å²) < 4.78 is 1.85. The first-order valence-electron chi connectivity index (χ1n) is 8.08. The Kier molecular flexibility index (Phi) is 6.16. The molecule has 0 aliphatic rings. The molecule has 2 N–H and O–H groups in total. The summed E-state index contributed by atoms with van der Waals surface area (Å²) in [5.41, 5.74) is 1.78. The van der Waals surface area contributed by atoms with Gasteiger partial charge in [-0.25, -0.2) is 4.98 Å². The molecule has 2 aromatic carbocycles. The predicted molar refractivity (Wildman–Crippen MR) is 108 cm³/mol. The molecule has 0 radical (unpaired) electrons. The molecule has 0 aliphatic heterocycles. The Morgan fingerprint density at radius 2 is 1.67 bits per heavy atom. The third kappa shape index (κ3) is 5.35. The minimum atomic E-state index is -0.236. The number of nitrogens with zero attached hydrogens (tertiary/aromatic N) is 2. The maximum absolute atomic E-state index is 12.3. The maximum Gasteiger partial charge on any atom is 0.255 e. The van der Waals surface area contributed by atoms with E-state index >= 15 is 0 Å². The van der Waals surface area contributed by atoms with Crippen molar-refractivity contribution < 1.29 is 9.59 Å². The number of aryl methyl sites for hydroxylation is 1. The average molecular weight is 401 g/mol. The fourth-order valence-electron chi connectivity index (χ4n) is 2.26. The highest BCUT2D eigenvalue weighted by Crippen LogP contribution is 2.17. The molecule has 0 unspecified atom stereocenters. The van der Waals surface area contributed by atoms with Crippen molar-refractivity contribution >= 4 is 46.6 Å². The first kappa shape index (κ1) is 19.0. The van der Waals surface area contributed by atoms with Gasteiger partial charge in [-0.05, 0) is 48.5 Å². The third-order valence-corrected chi connectivity index (χ3v) is 4.95. The molecule has 0 spiro atoms. The van der Waals surface area contributed by atoms with Gasteiger partial charge in [0, 0.05) is 41.4 Å². The molecule has 0 bridgehead atoms. The van der Waals surface area contributed by atoms with Gasteiger partial charge in [0.2, 0.25) is 5.91 Å². The Hall–Kier alpha value is -2.77. The monoisotopic (exact) mass is 400 g/mol. The first-order chi connectivity index (χ1) is 13.0. The highest BCUT2D eigenvalue weighted by molar-refractivity contribution is 7.99. The van der Waals surface area contributed by atoms with Crippen LogP contribution < -0.4 is 10.6 Å². The highest BCUT2D eigenvalue weighted by Gasteiger charge is 2.09. The predicted octanol–water partition coefficient (Wildman–Crippen LogP) is 4.06. The molecule has 3 aromatic rings. The lowest BCUT2D eigenvalue weighted by molar-refractivity contribution is -0.113. The molecule has 0 aliphatic carbocycles. The second-order valence-electron chi connectivity index (χ2n) is 5.70. The van der Waals surface area contributed by atoms with Crippen molar-refractivity contribution in [3.05, 3.63) is 71.5 Å². The summed E-state index contributed by atoms with van der Waals surface area (Å²) in [7, 11) is 1.88. The molecule has 1 aromatic heterocycles. The number of halogens is 1. The fourth-order valence-corrected chi connectivity index (χ4v) is 3.12. The number of hydrogen-bond acceptors (Lipinski definition) is 4. The van der Waals surface area contributed by atoms with Crippen molar-refractivity contribution in [2.45, 2.75) is 5.16 Å². The Bertz CT molecular complexity index is 939. The summed E-state index contributed by atoms with van der Waals surface area (Å²) in [5.74, 6) is -0.120. The van der Waals surface area contributed by atoms with E-state index in [1.165, 1.54) is 11.8 Å². The standard InChI is InChI=1S/C19H17ClN4O2S/c1-24-11-10-21-19(24)27-12-17(25)22-15-6-2-13(3-7-15)18(26)23-16-8-4-14(20)5-9-16/h2-11H,12H2,1H3,(H,22,25)(H,23,26). The van der Waals surface area contributed by atoms with E-state index in [0.717, 1.165) is 5.16 Å². The van der Waals surface area contributed by atoms with Gasteiger partial charge in [0.05, 0.1) is 5.75 Å². The summed E-state index contributed by atoms with van der Waals surface area (Å²) in [5, 5.41) is 6.97. The van der Waals surface area contributed by atoms with Crippen molar-refractivity contribution in [3.8, 4) is 0 Å². The molecule has 3 rings (SSSR count). The van der Waals surface area contributed by atoms with E-state index in [4.69, 9.17) is 11.6 Å². The number of thioether (sulfide) groups is 1. The quantitative estimate of drug-likeness (QED) is 0.612. The van der Waals surface area contributed by atoms with Crippen molar-refractivity contribution in [3.63, 3.8) is 0 Å². The smallest absolute Gasteiger partial charge is 0.255 e. The number of carbonyl (C=O) groups excluding carboxylic acids is 2. The number of aromatic nitrogens is 2. The molecular weight excluding hydrogens is 384 g/mol. The SMILES string of the molecule is Cn1ccnc1SCC(=O)Nc1ccc(C(=O)Nc2ccc(Cl)cc2)cc1. The molecule has 0 saturated carbocycles. The van der Waals surface area contributed by atoms with Crippen molar-refractivity contribution in [2.24, 2.45) is 7.05 Å². The Labute approximate surface area is 165 Å². The number of imidazole rings is 1. The van der Waals surface area contributed by atoms with Gasteiger partial charge in [0.25, 0.3) is 5.91 Å². The zero-order valence-electron chi connectivity index (χ0n) is 14.5. The lowest BCUT2D eigenvalue weighted by Crippen LogP contribution is -2.15.